The predicted octanol–water partition coefficient (Wildman–Crippen LogP) is 4.03. The number of aromatic nitrogens is 3. The molecule has 0 bridgehead atoms. The summed E-state index contributed by atoms with van der Waals surface area (Å²) in [6.45, 7) is 8.47. The second-order valence-electron chi connectivity index (χ2n) is 8.37. The largest absolute Gasteiger partial charge is 0.354 e. The molecule has 0 saturated carbocycles. The van der Waals surface area contributed by atoms with Crippen LogP contribution in [0.25, 0.3) is 16.7 Å². The van der Waals surface area contributed by atoms with Crippen molar-refractivity contribution in [2.45, 2.75) is 40.2 Å². The van der Waals surface area contributed by atoms with Gasteiger partial charge < -0.3 is 5.32 Å². The molecule has 2 aromatic heterocycles. The quantitative estimate of drug-likeness (QED) is 0.504. The maximum Gasteiger partial charge on any atom is 0.263 e. The van der Waals surface area contributed by atoms with E-state index in [2.05, 4.69) is 17.2 Å². The fraction of sp³-hybridized carbons (Fsp3) is 0.269. The molecule has 0 aliphatic carbocycles. The number of hydrogen-bond acceptors (Lipinski definition) is 3. The average molecular weight is 429 g/mol. The topological polar surface area (TPSA) is 68.9 Å². The molecule has 6 nitrogen and oxygen atoms in total. The van der Waals surface area contributed by atoms with Crippen molar-refractivity contribution in [3.8, 4) is 5.69 Å². The van der Waals surface area contributed by atoms with Gasteiger partial charge in [-0.05, 0) is 49.9 Å². The van der Waals surface area contributed by atoms with Gasteiger partial charge in [0.25, 0.3) is 5.56 Å². The van der Waals surface area contributed by atoms with Crippen LogP contribution in [0.3, 0.4) is 0 Å². The summed E-state index contributed by atoms with van der Waals surface area (Å²) in [4.78, 5) is 30.3. The van der Waals surface area contributed by atoms with Crippen molar-refractivity contribution in [2.24, 2.45) is 0 Å². The van der Waals surface area contributed by atoms with Gasteiger partial charge >= 0.3 is 0 Å². The Balaban J connectivity index is 1.57. The molecule has 4 aromatic rings. The van der Waals surface area contributed by atoms with E-state index >= 15 is 0 Å². The van der Waals surface area contributed by atoms with Crippen molar-refractivity contribution in [3.05, 3.63) is 93.7 Å². The van der Waals surface area contributed by atoms with E-state index in [1.165, 1.54) is 16.5 Å². The summed E-state index contributed by atoms with van der Waals surface area (Å²) in [7, 11) is 0. The number of fused-ring (bicyclic) bond motifs is 1. The third-order valence-electron chi connectivity index (χ3n) is 6.06. The first kappa shape index (κ1) is 21.6. The molecule has 1 atom stereocenters. The maximum absolute atomic E-state index is 13.2. The average Bonchev–Trinajstić information content (AvgIpc) is 3.06. The number of hydrogen-bond donors (Lipinski definition) is 1. The lowest BCUT2D eigenvalue weighted by atomic mass is 10.0. The summed E-state index contributed by atoms with van der Waals surface area (Å²) >= 11 is 0. The van der Waals surface area contributed by atoms with Crippen molar-refractivity contribution < 1.29 is 4.79 Å². The smallest absolute Gasteiger partial charge is 0.263 e. The zero-order valence-electron chi connectivity index (χ0n) is 18.9. The van der Waals surface area contributed by atoms with Gasteiger partial charge in [-0.1, -0.05) is 55.0 Å². The van der Waals surface area contributed by atoms with Crippen LogP contribution in [0.5, 0.6) is 0 Å². The lowest BCUT2D eigenvalue weighted by Crippen LogP contribution is -2.34. The van der Waals surface area contributed by atoms with Crippen LogP contribution < -0.4 is 10.9 Å². The zero-order chi connectivity index (χ0) is 22.8. The Morgan fingerprint density at radius 2 is 1.72 bits per heavy atom. The summed E-state index contributed by atoms with van der Waals surface area (Å²) in [6.07, 6.45) is 1.47. The van der Waals surface area contributed by atoms with E-state index in [1.807, 2.05) is 79.9 Å². The second kappa shape index (κ2) is 8.83. The van der Waals surface area contributed by atoms with E-state index in [-0.39, 0.29) is 23.9 Å². The fourth-order valence-corrected chi connectivity index (χ4v) is 3.99. The fourth-order valence-electron chi connectivity index (χ4n) is 3.99. The van der Waals surface area contributed by atoms with Gasteiger partial charge in [0.15, 0.2) is 5.65 Å². The molecule has 164 valence electrons. The Kier molecular flexibility index (Phi) is 5.95. The van der Waals surface area contributed by atoms with E-state index in [4.69, 9.17) is 0 Å². The molecule has 0 unspecified atom stereocenters. The van der Waals surface area contributed by atoms with E-state index in [9.17, 15) is 9.59 Å². The van der Waals surface area contributed by atoms with E-state index in [1.54, 1.807) is 0 Å². The molecule has 6 heteroatoms. The Morgan fingerprint density at radius 1 is 1.03 bits per heavy atom. The first-order valence-electron chi connectivity index (χ1n) is 10.8. The van der Waals surface area contributed by atoms with E-state index in [0.717, 1.165) is 22.5 Å². The van der Waals surface area contributed by atoms with Crippen LogP contribution in [0.15, 0.2) is 65.7 Å². The number of nitrogens with zero attached hydrogens (tertiary/aromatic N) is 3. The van der Waals surface area contributed by atoms with Crippen molar-refractivity contribution in [2.75, 3.05) is 6.54 Å². The van der Waals surface area contributed by atoms with Crippen LogP contribution in [0.1, 0.15) is 35.2 Å². The van der Waals surface area contributed by atoms with Gasteiger partial charge in [-0.2, -0.15) is 0 Å². The van der Waals surface area contributed by atoms with Gasteiger partial charge in [0.05, 0.1) is 5.39 Å². The van der Waals surface area contributed by atoms with Gasteiger partial charge in [-0.15, -0.1) is 0 Å². The summed E-state index contributed by atoms with van der Waals surface area (Å²) in [5, 5.41) is 3.49. The predicted molar refractivity (Wildman–Crippen MR) is 127 cm³/mol. The summed E-state index contributed by atoms with van der Waals surface area (Å²) in [5.41, 5.74) is 5.55. The van der Waals surface area contributed by atoms with Crippen molar-refractivity contribution >= 4 is 16.9 Å². The SMILES string of the molecule is Cc1ccc(-n2c(C)c(C)c3c(=O)n(CC(=O)NC[C@H](C)c4ccccc4)cnc32)cc1. The normalized spacial score (nSPS) is 12.1. The van der Waals surface area contributed by atoms with Crippen LogP contribution in [-0.4, -0.2) is 26.6 Å². The zero-order valence-corrected chi connectivity index (χ0v) is 18.9. The highest BCUT2D eigenvalue weighted by molar-refractivity contribution is 5.83. The highest BCUT2D eigenvalue weighted by Crippen LogP contribution is 2.25. The van der Waals surface area contributed by atoms with E-state index < -0.39 is 0 Å². The molecule has 4 rings (SSSR count). The Labute approximate surface area is 187 Å². The van der Waals surface area contributed by atoms with Crippen LogP contribution in [-0.2, 0) is 11.3 Å². The second-order valence-corrected chi connectivity index (χ2v) is 8.37. The molecule has 0 radical (unpaired) electrons. The number of carbonyl (C=O) groups excluding carboxylic acids is 1. The van der Waals surface area contributed by atoms with Gasteiger partial charge in [-0.3, -0.25) is 18.7 Å². The highest BCUT2D eigenvalue weighted by Gasteiger charge is 2.18. The number of carbonyl (C=O) groups is 1. The molecule has 0 aliphatic heterocycles. The molecule has 2 aromatic carbocycles. The number of rotatable bonds is 6. The van der Waals surface area contributed by atoms with Gasteiger partial charge in [0.1, 0.15) is 12.9 Å². The third-order valence-corrected chi connectivity index (χ3v) is 6.06. The van der Waals surface area contributed by atoms with Gasteiger partial charge in [0.2, 0.25) is 5.91 Å². The minimum Gasteiger partial charge on any atom is -0.354 e. The maximum atomic E-state index is 13.2. The molecule has 0 fully saturated rings. The molecular weight excluding hydrogens is 400 g/mol. The first-order chi connectivity index (χ1) is 15.4. The highest BCUT2D eigenvalue weighted by atomic mass is 16.2. The molecule has 1 N–H and O–H groups in total. The van der Waals surface area contributed by atoms with Gasteiger partial charge in [0, 0.05) is 17.9 Å². The molecular formula is C26H28N4O2. The van der Waals surface area contributed by atoms with Crippen LogP contribution >= 0.6 is 0 Å². The van der Waals surface area contributed by atoms with Gasteiger partial charge in [-0.25, -0.2) is 4.98 Å². The van der Waals surface area contributed by atoms with E-state index in [0.29, 0.717) is 17.6 Å². The molecule has 2 heterocycles. The summed E-state index contributed by atoms with van der Waals surface area (Å²) < 4.78 is 3.38. The van der Waals surface area contributed by atoms with Crippen LogP contribution in [0, 0.1) is 20.8 Å². The summed E-state index contributed by atoms with van der Waals surface area (Å²) in [5.74, 6) is -0.0192. The molecule has 32 heavy (non-hydrogen) atoms. The van der Waals surface area contributed by atoms with Crippen molar-refractivity contribution in [1.82, 2.24) is 19.4 Å². The third kappa shape index (κ3) is 4.08. The monoisotopic (exact) mass is 428 g/mol. The lowest BCUT2D eigenvalue weighted by molar-refractivity contribution is -0.121. The Morgan fingerprint density at radius 3 is 2.41 bits per heavy atom. The lowest BCUT2D eigenvalue weighted by Gasteiger charge is -2.13. The summed E-state index contributed by atoms with van der Waals surface area (Å²) in [6, 6.07) is 18.2. The minimum atomic E-state index is -0.205. The number of aryl methyl sites for hydroxylation is 2. The van der Waals surface area contributed by atoms with Crippen molar-refractivity contribution in [1.29, 1.82) is 0 Å². The number of amides is 1. The molecule has 1 amide bonds. The minimum absolute atomic E-state index is 0.0581. The number of benzene rings is 2. The van der Waals surface area contributed by atoms with Crippen molar-refractivity contribution in [3.63, 3.8) is 0 Å². The number of nitrogens with one attached hydrogen (secondary N) is 1. The molecule has 0 spiro atoms. The van der Waals surface area contributed by atoms with Crippen LogP contribution in [0.4, 0.5) is 0 Å². The standard InChI is InChI=1S/C26H28N4O2/c1-17-10-12-22(13-11-17)30-20(4)19(3)24-25(30)28-16-29(26(24)32)15-23(31)27-14-18(2)21-8-6-5-7-9-21/h5-13,16,18H,14-15H2,1-4H3,(H,27,31)/t18-/m0/s1. The molecule has 0 aliphatic rings. The Hall–Kier alpha value is -3.67. The van der Waals surface area contributed by atoms with Crippen LogP contribution in [0.2, 0.25) is 0 Å². The molecule has 0 saturated heterocycles. The Bertz CT molecular complexity index is 1320. The first-order valence-corrected chi connectivity index (χ1v) is 10.8.